The van der Waals surface area contributed by atoms with Gasteiger partial charge in [-0.2, -0.15) is 0 Å². The van der Waals surface area contributed by atoms with Crippen molar-refractivity contribution in [2.45, 2.75) is 51.0 Å². The minimum Gasteiger partial charge on any atom is -0.353 e. The van der Waals surface area contributed by atoms with E-state index in [9.17, 15) is 14.4 Å². The number of fused-ring (bicyclic) bond motifs is 1. The van der Waals surface area contributed by atoms with Gasteiger partial charge in [0.15, 0.2) is 0 Å². The van der Waals surface area contributed by atoms with Gasteiger partial charge in [-0.1, -0.05) is 37.8 Å². The molecule has 1 fully saturated rings. The molecule has 0 bridgehead atoms. The van der Waals surface area contributed by atoms with Crippen molar-refractivity contribution in [3.63, 3.8) is 0 Å². The molecule has 0 aliphatic heterocycles. The summed E-state index contributed by atoms with van der Waals surface area (Å²) in [6.07, 6.45) is 7.28. The maximum Gasteiger partial charge on any atom is 0.333 e. The first kappa shape index (κ1) is 18.7. The van der Waals surface area contributed by atoms with Crippen LogP contribution in [0.15, 0.2) is 45.3 Å². The number of amides is 1. The fraction of sp³-hybridized carbons (Fsp3) is 0.381. The molecule has 2 N–H and O–H groups in total. The van der Waals surface area contributed by atoms with Gasteiger partial charge in [-0.05, 0) is 42.0 Å². The van der Waals surface area contributed by atoms with E-state index in [4.69, 9.17) is 0 Å². The van der Waals surface area contributed by atoms with Crippen LogP contribution < -0.4 is 16.6 Å². The predicted octanol–water partition coefficient (Wildman–Crippen LogP) is 3.12. The lowest BCUT2D eigenvalue weighted by Crippen LogP contribution is -2.35. The van der Waals surface area contributed by atoms with Crippen LogP contribution in [0.1, 0.15) is 44.1 Å². The molecule has 1 amide bonds. The second kappa shape index (κ2) is 8.14. The van der Waals surface area contributed by atoms with Gasteiger partial charge in [-0.15, -0.1) is 11.3 Å². The van der Waals surface area contributed by atoms with Crippen LogP contribution in [0.4, 0.5) is 0 Å². The maximum atomic E-state index is 12.6. The lowest BCUT2D eigenvalue weighted by atomic mass is 10.1. The summed E-state index contributed by atoms with van der Waals surface area (Å²) in [6.45, 7) is 0. The van der Waals surface area contributed by atoms with Gasteiger partial charge in [0.2, 0.25) is 5.91 Å². The first-order valence-electron chi connectivity index (χ1n) is 9.73. The number of aromatic nitrogens is 2. The van der Waals surface area contributed by atoms with Gasteiger partial charge in [0.1, 0.15) is 4.70 Å². The van der Waals surface area contributed by atoms with E-state index < -0.39 is 5.69 Å². The summed E-state index contributed by atoms with van der Waals surface area (Å²) in [7, 11) is 0. The number of carbonyl (C=O) groups is 1. The van der Waals surface area contributed by atoms with Crippen molar-refractivity contribution in [2.75, 3.05) is 0 Å². The third-order valence-corrected chi connectivity index (χ3v) is 6.19. The third kappa shape index (κ3) is 3.94. The van der Waals surface area contributed by atoms with Crippen molar-refractivity contribution >= 4 is 27.5 Å². The van der Waals surface area contributed by atoms with Gasteiger partial charge in [0.25, 0.3) is 5.56 Å². The molecule has 0 spiro atoms. The van der Waals surface area contributed by atoms with Gasteiger partial charge in [0.05, 0.1) is 17.6 Å². The monoisotopic (exact) mass is 397 g/mol. The molecule has 4 rings (SSSR count). The van der Waals surface area contributed by atoms with E-state index in [1.807, 2.05) is 0 Å². The summed E-state index contributed by atoms with van der Waals surface area (Å²) in [5.74, 6) is 0.0228. The highest BCUT2D eigenvalue weighted by Gasteiger charge is 2.15. The fourth-order valence-corrected chi connectivity index (χ4v) is 4.60. The third-order valence-electron chi connectivity index (χ3n) is 5.29. The number of thiophene rings is 1. The summed E-state index contributed by atoms with van der Waals surface area (Å²) in [5, 5.41) is 4.92. The zero-order valence-corrected chi connectivity index (χ0v) is 16.4. The largest absolute Gasteiger partial charge is 0.353 e. The summed E-state index contributed by atoms with van der Waals surface area (Å²) in [5.41, 5.74) is 1.12. The van der Waals surface area contributed by atoms with Crippen LogP contribution in [0.25, 0.3) is 15.9 Å². The smallest absolute Gasteiger partial charge is 0.333 e. The quantitative estimate of drug-likeness (QED) is 0.664. The van der Waals surface area contributed by atoms with E-state index in [2.05, 4.69) is 10.3 Å². The normalized spacial score (nSPS) is 15.4. The number of carbonyl (C=O) groups excluding carboxylic acids is 1. The van der Waals surface area contributed by atoms with Crippen molar-refractivity contribution in [2.24, 2.45) is 0 Å². The molecule has 0 saturated heterocycles. The maximum absolute atomic E-state index is 12.6. The molecule has 1 aliphatic carbocycles. The Kier molecular flexibility index (Phi) is 5.43. The Hall–Kier alpha value is -2.67. The van der Waals surface area contributed by atoms with Gasteiger partial charge in [-0.25, -0.2) is 9.36 Å². The molecule has 0 atom stereocenters. The van der Waals surface area contributed by atoms with Crippen LogP contribution in [0.5, 0.6) is 0 Å². The SMILES string of the molecule is O=C(Cc1ccc(-n2c(=O)[nH]c3ccsc3c2=O)cc1)NC1CCCCCC1. The van der Waals surface area contributed by atoms with Crippen LogP contribution in [0.3, 0.4) is 0 Å². The van der Waals surface area contributed by atoms with E-state index in [-0.39, 0.29) is 17.5 Å². The molecule has 0 radical (unpaired) electrons. The minimum atomic E-state index is -0.463. The van der Waals surface area contributed by atoms with Crippen LogP contribution >= 0.6 is 11.3 Å². The molecule has 3 aromatic rings. The van der Waals surface area contributed by atoms with Crippen LogP contribution in [0.2, 0.25) is 0 Å². The Morgan fingerprint density at radius 3 is 2.50 bits per heavy atom. The van der Waals surface area contributed by atoms with E-state index in [1.54, 1.807) is 35.7 Å². The first-order valence-corrected chi connectivity index (χ1v) is 10.6. The van der Waals surface area contributed by atoms with Crippen molar-refractivity contribution < 1.29 is 4.79 Å². The van der Waals surface area contributed by atoms with Gasteiger partial charge >= 0.3 is 5.69 Å². The second-order valence-electron chi connectivity index (χ2n) is 7.33. The average molecular weight is 398 g/mol. The second-order valence-corrected chi connectivity index (χ2v) is 8.25. The zero-order valence-electron chi connectivity index (χ0n) is 15.6. The van der Waals surface area contributed by atoms with Gasteiger partial charge < -0.3 is 10.3 Å². The molecular weight excluding hydrogens is 374 g/mol. The van der Waals surface area contributed by atoms with Gasteiger partial charge in [-0.3, -0.25) is 9.59 Å². The molecular formula is C21H23N3O3S. The number of nitrogens with one attached hydrogen (secondary N) is 2. The molecule has 1 aliphatic rings. The molecule has 1 saturated carbocycles. The number of nitrogens with zero attached hydrogens (tertiary/aromatic N) is 1. The number of hydrogen-bond donors (Lipinski definition) is 2. The molecule has 146 valence electrons. The Morgan fingerprint density at radius 1 is 1.07 bits per heavy atom. The van der Waals surface area contributed by atoms with E-state index >= 15 is 0 Å². The number of benzene rings is 1. The number of hydrogen-bond acceptors (Lipinski definition) is 4. The molecule has 2 heterocycles. The molecule has 2 aromatic heterocycles. The van der Waals surface area contributed by atoms with Crippen molar-refractivity contribution in [3.8, 4) is 5.69 Å². The topological polar surface area (TPSA) is 84.0 Å². The fourth-order valence-electron chi connectivity index (χ4n) is 3.82. The molecule has 28 heavy (non-hydrogen) atoms. The summed E-state index contributed by atoms with van der Waals surface area (Å²) >= 11 is 1.30. The molecule has 1 aromatic carbocycles. The molecule has 0 unspecified atom stereocenters. The number of aromatic amines is 1. The average Bonchev–Trinajstić information content (AvgIpc) is 2.99. The molecule has 6 nitrogen and oxygen atoms in total. The summed E-state index contributed by atoms with van der Waals surface area (Å²) in [4.78, 5) is 40.0. The van der Waals surface area contributed by atoms with Crippen LogP contribution in [-0.2, 0) is 11.2 Å². The highest BCUT2D eigenvalue weighted by atomic mass is 32.1. The van der Waals surface area contributed by atoms with E-state index in [0.717, 1.165) is 23.0 Å². The van der Waals surface area contributed by atoms with Crippen LogP contribution in [0, 0.1) is 0 Å². The highest BCUT2D eigenvalue weighted by molar-refractivity contribution is 7.17. The zero-order chi connectivity index (χ0) is 19.5. The van der Waals surface area contributed by atoms with Crippen molar-refractivity contribution in [3.05, 3.63) is 62.1 Å². The van der Waals surface area contributed by atoms with E-state index in [1.165, 1.54) is 37.0 Å². The van der Waals surface area contributed by atoms with Crippen molar-refractivity contribution in [1.29, 1.82) is 0 Å². The Morgan fingerprint density at radius 2 is 1.79 bits per heavy atom. The Labute approximate surface area is 166 Å². The minimum absolute atomic E-state index is 0.0228. The Bertz CT molecular complexity index is 1090. The number of rotatable bonds is 4. The summed E-state index contributed by atoms with van der Waals surface area (Å²) in [6, 6.07) is 9.03. The van der Waals surface area contributed by atoms with E-state index in [0.29, 0.717) is 22.3 Å². The summed E-state index contributed by atoms with van der Waals surface area (Å²) < 4.78 is 1.65. The predicted molar refractivity (Wildman–Crippen MR) is 111 cm³/mol. The van der Waals surface area contributed by atoms with Crippen molar-refractivity contribution in [1.82, 2.24) is 14.9 Å². The molecule has 7 heteroatoms. The highest BCUT2D eigenvalue weighted by Crippen LogP contribution is 2.18. The van der Waals surface area contributed by atoms with Gasteiger partial charge in [0, 0.05) is 6.04 Å². The first-order chi connectivity index (χ1) is 13.6. The lowest BCUT2D eigenvalue weighted by molar-refractivity contribution is -0.121. The van der Waals surface area contributed by atoms with Crippen LogP contribution in [-0.4, -0.2) is 21.5 Å². The standard InChI is InChI=1S/C21H23N3O3S/c25-18(22-15-5-3-1-2-4-6-15)13-14-7-9-16(10-8-14)24-20(26)19-17(11-12-28-19)23-21(24)27/h7-12,15H,1-6,13H2,(H,22,25)(H,23,27). The lowest BCUT2D eigenvalue weighted by Gasteiger charge is -2.16. The number of H-pyrrole nitrogens is 1. The Balaban J connectivity index is 1.49.